The van der Waals surface area contributed by atoms with Crippen LogP contribution in [0.3, 0.4) is 0 Å². The number of hydrogen-bond acceptors (Lipinski definition) is 2. The monoisotopic (exact) mass is 171 g/mol. The molecule has 1 saturated heterocycles. The summed E-state index contributed by atoms with van der Waals surface area (Å²) in [5.74, 6) is 0.726. The van der Waals surface area contributed by atoms with Crippen LogP contribution in [0.15, 0.2) is 0 Å². The van der Waals surface area contributed by atoms with E-state index in [-0.39, 0.29) is 6.09 Å². The van der Waals surface area contributed by atoms with E-state index in [0.717, 1.165) is 19.0 Å². The molecule has 1 fully saturated rings. The molecule has 1 rings (SSSR count). The molecule has 1 amide bonds. The number of amides is 1. The lowest BCUT2D eigenvalue weighted by Crippen LogP contribution is -2.49. The smallest absolute Gasteiger partial charge is 0.409 e. The average molecular weight is 171 g/mol. The quantitative estimate of drug-likeness (QED) is 0.648. The Bertz CT molecular complexity index is 153. The topological polar surface area (TPSA) is 29.5 Å². The molecule has 0 unspecified atom stereocenters. The highest BCUT2D eigenvalue weighted by Gasteiger charge is 2.30. The zero-order valence-corrected chi connectivity index (χ0v) is 7.88. The summed E-state index contributed by atoms with van der Waals surface area (Å²) in [5, 5.41) is 0. The first kappa shape index (κ1) is 9.36. The van der Waals surface area contributed by atoms with Gasteiger partial charge in [-0.3, -0.25) is 0 Å². The fourth-order valence-electron chi connectivity index (χ4n) is 1.52. The minimum absolute atomic E-state index is 0.178. The van der Waals surface area contributed by atoms with Gasteiger partial charge >= 0.3 is 6.09 Å². The van der Waals surface area contributed by atoms with Gasteiger partial charge in [0.25, 0.3) is 0 Å². The molecule has 0 radical (unpaired) electrons. The lowest BCUT2D eigenvalue weighted by molar-refractivity contribution is 0.0640. The fraction of sp³-hybridized carbons (Fsp3) is 0.889. The van der Waals surface area contributed by atoms with Gasteiger partial charge in [-0.2, -0.15) is 0 Å². The number of hydrogen-bond donors (Lipinski definition) is 0. The van der Waals surface area contributed by atoms with Gasteiger partial charge in [-0.05, 0) is 12.3 Å². The number of unbranched alkanes of at least 4 members (excludes halogenated alkanes) is 1. The Balaban J connectivity index is 2.07. The van der Waals surface area contributed by atoms with Crippen molar-refractivity contribution >= 4 is 6.09 Å². The second-order valence-electron chi connectivity index (χ2n) is 3.38. The molecule has 12 heavy (non-hydrogen) atoms. The van der Waals surface area contributed by atoms with Gasteiger partial charge in [0.2, 0.25) is 0 Å². The third-order valence-corrected chi connectivity index (χ3v) is 2.36. The van der Waals surface area contributed by atoms with E-state index < -0.39 is 0 Å². The first-order valence-electron chi connectivity index (χ1n) is 4.60. The molecule has 0 aromatic carbocycles. The Morgan fingerprint density at radius 1 is 1.58 bits per heavy atom. The maximum atomic E-state index is 10.9. The SMILES string of the molecule is CCCCC1CN(C(=O)OC)C1. The van der Waals surface area contributed by atoms with Gasteiger partial charge in [-0.25, -0.2) is 4.79 Å². The molecule has 0 spiro atoms. The molecule has 0 aromatic heterocycles. The predicted molar refractivity (Wildman–Crippen MR) is 47.0 cm³/mol. The molecule has 1 aliphatic heterocycles. The van der Waals surface area contributed by atoms with Crippen molar-refractivity contribution < 1.29 is 9.53 Å². The lowest BCUT2D eigenvalue weighted by atomic mass is 9.95. The highest BCUT2D eigenvalue weighted by Crippen LogP contribution is 2.21. The van der Waals surface area contributed by atoms with E-state index in [1.807, 2.05) is 0 Å². The number of carbonyl (C=O) groups is 1. The minimum Gasteiger partial charge on any atom is -0.453 e. The molecule has 1 heterocycles. The zero-order valence-electron chi connectivity index (χ0n) is 7.88. The van der Waals surface area contributed by atoms with Crippen molar-refractivity contribution in [1.29, 1.82) is 0 Å². The van der Waals surface area contributed by atoms with Crippen LogP contribution < -0.4 is 0 Å². The van der Waals surface area contributed by atoms with Crippen LogP contribution >= 0.6 is 0 Å². The molecular formula is C9H17NO2. The van der Waals surface area contributed by atoms with Crippen molar-refractivity contribution in [3.63, 3.8) is 0 Å². The summed E-state index contributed by atoms with van der Waals surface area (Å²) < 4.78 is 4.59. The van der Waals surface area contributed by atoms with Gasteiger partial charge in [-0.1, -0.05) is 19.8 Å². The summed E-state index contributed by atoms with van der Waals surface area (Å²) in [4.78, 5) is 12.7. The molecule has 3 nitrogen and oxygen atoms in total. The van der Waals surface area contributed by atoms with E-state index in [0.29, 0.717) is 0 Å². The second-order valence-corrected chi connectivity index (χ2v) is 3.38. The number of ether oxygens (including phenoxy) is 1. The van der Waals surface area contributed by atoms with Crippen molar-refractivity contribution in [1.82, 2.24) is 4.90 Å². The Kier molecular flexibility index (Phi) is 3.38. The van der Waals surface area contributed by atoms with Crippen LogP contribution in [0.25, 0.3) is 0 Å². The molecule has 0 aromatic rings. The molecule has 0 atom stereocenters. The fourth-order valence-corrected chi connectivity index (χ4v) is 1.52. The van der Waals surface area contributed by atoms with Crippen LogP contribution in [0, 0.1) is 5.92 Å². The zero-order chi connectivity index (χ0) is 8.97. The minimum atomic E-state index is -0.178. The Labute approximate surface area is 73.7 Å². The summed E-state index contributed by atoms with van der Waals surface area (Å²) in [6.07, 6.45) is 3.60. The van der Waals surface area contributed by atoms with E-state index in [1.54, 1.807) is 4.90 Å². The van der Waals surface area contributed by atoms with Crippen LogP contribution in [0.4, 0.5) is 4.79 Å². The van der Waals surface area contributed by atoms with Gasteiger partial charge in [0.1, 0.15) is 0 Å². The molecule has 0 bridgehead atoms. The molecule has 0 aliphatic carbocycles. The van der Waals surface area contributed by atoms with Gasteiger partial charge in [0.05, 0.1) is 7.11 Å². The number of rotatable bonds is 3. The summed E-state index contributed by atoms with van der Waals surface area (Å²) in [6, 6.07) is 0. The Hall–Kier alpha value is -0.730. The van der Waals surface area contributed by atoms with E-state index in [1.165, 1.54) is 26.4 Å². The maximum Gasteiger partial charge on any atom is 0.409 e. The summed E-state index contributed by atoms with van der Waals surface area (Å²) >= 11 is 0. The highest BCUT2D eigenvalue weighted by molar-refractivity contribution is 5.68. The molecule has 0 N–H and O–H groups in total. The van der Waals surface area contributed by atoms with Crippen molar-refractivity contribution in [3.05, 3.63) is 0 Å². The standard InChI is InChI=1S/C9H17NO2/c1-3-4-5-8-6-10(7-8)9(11)12-2/h8H,3-7H2,1-2H3. The van der Waals surface area contributed by atoms with Crippen LogP contribution in [0.5, 0.6) is 0 Å². The first-order valence-corrected chi connectivity index (χ1v) is 4.60. The van der Waals surface area contributed by atoms with Crippen LogP contribution in [0.2, 0.25) is 0 Å². The third kappa shape index (κ3) is 2.13. The maximum absolute atomic E-state index is 10.9. The van der Waals surface area contributed by atoms with Crippen molar-refractivity contribution in [3.8, 4) is 0 Å². The number of likely N-dealkylation sites (tertiary alicyclic amines) is 1. The van der Waals surface area contributed by atoms with Crippen molar-refractivity contribution in [2.24, 2.45) is 5.92 Å². The lowest BCUT2D eigenvalue weighted by Gasteiger charge is -2.38. The van der Waals surface area contributed by atoms with E-state index in [2.05, 4.69) is 11.7 Å². The van der Waals surface area contributed by atoms with Crippen LogP contribution in [0.1, 0.15) is 26.2 Å². The van der Waals surface area contributed by atoms with E-state index >= 15 is 0 Å². The summed E-state index contributed by atoms with van der Waals surface area (Å²) in [5.41, 5.74) is 0. The summed E-state index contributed by atoms with van der Waals surface area (Å²) in [6.45, 7) is 3.98. The highest BCUT2D eigenvalue weighted by atomic mass is 16.5. The first-order chi connectivity index (χ1) is 5.77. The predicted octanol–water partition coefficient (Wildman–Crippen LogP) is 1.87. The molecular weight excluding hydrogens is 154 g/mol. The molecule has 0 saturated carbocycles. The van der Waals surface area contributed by atoms with Crippen molar-refractivity contribution in [2.45, 2.75) is 26.2 Å². The third-order valence-electron chi connectivity index (χ3n) is 2.36. The van der Waals surface area contributed by atoms with E-state index in [4.69, 9.17) is 0 Å². The Morgan fingerprint density at radius 2 is 2.25 bits per heavy atom. The largest absolute Gasteiger partial charge is 0.453 e. The van der Waals surface area contributed by atoms with Crippen molar-refractivity contribution in [2.75, 3.05) is 20.2 Å². The van der Waals surface area contributed by atoms with Crippen LogP contribution in [-0.2, 0) is 4.74 Å². The molecule has 70 valence electrons. The number of nitrogens with zero attached hydrogens (tertiary/aromatic N) is 1. The van der Waals surface area contributed by atoms with Crippen LogP contribution in [-0.4, -0.2) is 31.2 Å². The number of methoxy groups -OCH3 is 1. The van der Waals surface area contributed by atoms with E-state index in [9.17, 15) is 4.79 Å². The molecule has 1 aliphatic rings. The summed E-state index contributed by atoms with van der Waals surface area (Å²) in [7, 11) is 1.43. The van der Waals surface area contributed by atoms with Gasteiger partial charge in [0.15, 0.2) is 0 Å². The molecule has 3 heteroatoms. The number of carbonyl (C=O) groups excluding carboxylic acids is 1. The van der Waals surface area contributed by atoms with Gasteiger partial charge < -0.3 is 9.64 Å². The van der Waals surface area contributed by atoms with Gasteiger partial charge in [0, 0.05) is 13.1 Å². The van der Waals surface area contributed by atoms with Gasteiger partial charge in [-0.15, -0.1) is 0 Å². The second kappa shape index (κ2) is 4.33. The normalized spacial score (nSPS) is 17.3. The average Bonchev–Trinajstić information content (AvgIpc) is 2.01. The Morgan fingerprint density at radius 3 is 2.75 bits per heavy atom.